The molecule has 2 aromatic carbocycles. The molecule has 0 aliphatic carbocycles. The fourth-order valence-corrected chi connectivity index (χ4v) is 4.85. The Morgan fingerprint density at radius 3 is 2.36 bits per heavy atom. The number of urea groups is 1. The summed E-state index contributed by atoms with van der Waals surface area (Å²) in [5.74, 6) is 0.633. The zero-order valence-electron chi connectivity index (χ0n) is 20.7. The molecule has 188 valence electrons. The van der Waals surface area contributed by atoms with Crippen LogP contribution in [0.2, 0.25) is 0 Å². The van der Waals surface area contributed by atoms with E-state index in [2.05, 4.69) is 21.6 Å². The van der Waals surface area contributed by atoms with E-state index in [0.29, 0.717) is 5.75 Å². The Morgan fingerprint density at radius 2 is 1.69 bits per heavy atom. The van der Waals surface area contributed by atoms with Crippen LogP contribution in [-0.4, -0.2) is 42.0 Å². The van der Waals surface area contributed by atoms with Crippen molar-refractivity contribution >= 4 is 21.7 Å². The van der Waals surface area contributed by atoms with Gasteiger partial charge in [-0.3, -0.25) is 9.38 Å². The number of benzene rings is 2. The van der Waals surface area contributed by atoms with Crippen molar-refractivity contribution in [3.05, 3.63) is 77.4 Å². The number of nitrogens with one attached hydrogen (secondary N) is 2. The van der Waals surface area contributed by atoms with Crippen molar-refractivity contribution < 1.29 is 17.9 Å². The molecule has 0 saturated heterocycles. The minimum atomic E-state index is -3.93. The Hall–Kier alpha value is -3.92. The Kier molecular flexibility index (Phi) is 7.25. The summed E-state index contributed by atoms with van der Waals surface area (Å²) < 4.78 is 34.4. The molecule has 0 aliphatic rings. The van der Waals surface area contributed by atoms with Gasteiger partial charge in [-0.15, -0.1) is 0 Å². The fraction of sp³-hybridized carbons (Fsp3) is 0.269. The zero-order valence-corrected chi connectivity index (χ0v) is 21.5. The number of imidazole rings is 1. The molecule has 36 heavy (non-hydrogen) atoms. The monoisotopic (exact) mass is 507 g/mol. The molecule has 0 saturated carbocycles. The number of fused-ring (bicyclic) bond motifs is 1. The van der Waals surface area contributed by atoms with Crippen molar-refractivity contribution in [1.29, 1.82) is 0 Å². The third-order valence-electron chi connectivity index (χ3n) is 5.64. The Morgan fingerprint density at radius 1 is 1.00 bits per heavy atom. The van der Waals surface area contributed by atoms with Crippen LogP contribution in [0.1, 0.15) is 29.6 Å². The summed E-state index contributed by atoms with van der Waals surface area (Å²) in [6.07, 6.45) is 2.78. The number of carbonyl (C=O) groups is 1. The average Bonchev–Trinajstić information content (AvgIpc) is 3.21. The summed E-state index contributed by atoms with van der Waals surface area (Å²) in [5.41, 5.74) is 6.62. The van der Waals surface area contributed by atoms with E-state index in [9.17, 15) is 13.2 Å². The van der Waals surface area contributed by atoms with Gasteiger partial charge in [-0.25, -0.2) is 22.9 Å². The molecule has 4 rings (SSSR count). The molecular weight excluding hydrogens is 478 g/mol. The van der Waals surface area contributed by atoms with E-state index >= 15 is 0 Å². The lowest BCUT2D eigenvalue weighted by Crippen LogP contribution is -2.40. The van der Waals surface area contributed by atoms with E-state index < -0.39 is 16.1 Å². The third kappa shape index (κ3) is 5.49. The smallest absolute Gasteiger partial charge is 0.328 e. The van der Waals surface area contributed by atoms with Gasteiger partial charge in [0.05, 0.1) is 34.2 Å². The van der Waals surface area contributed by atoms with Crippen LogP contribution in [0.15, 0.2) is 59.6 Å². The molecule has 0 radical (unpaired) electrons. The van der Waals surface area contributed by atoms with E-state index in [1.165, 1.54) is 12.1 Å². The van der Waals surface area contributed by atoms with Crippen LogP contribution in [0.4, 0.5) is 4.79 Å². The first kappa shape index (κ1) is 25.2. The maximum atomic E-state index is 12.3. The highest BCUT2D eigenvalue weighted by Gasteiger charge is 2.17. The van der Waals surface area contributed by atoms with Crippen molar-refractivity contribution in [2.75, 3.05) is 13.2 Å². The summed E-state index contributed by atoms with van der Waals surface area (Å²) in [6.45, 7) is 8.17. The molecule has 0 fully saturated rings. The van der Waals surface area contributed by atoms with Gasteiger partial charge in [-0.1, -0.05) is 24.6 Å². The lowest BCUT2D eigenvalue weighted by Gasteiger charge is -2.11. The largest absolute Gasteiger partial charge is 0.492 e. The molecule has 2 aromatic heterocycles. The van der Waals surface area contributed by atoms with Crippen LogP contribution < -0.4 is 14.8 Å². The Labute approximate surface area is 210 Å². The number of amides is 2. The van der Waals surface area contributed by atoms with E-state index in [1.807, 2.05) is 56.0 Å². The minimum absolute atomic E-state index is 0.0263. The highest BCUT2D eigenvalue weighted by atomic mass is 32.2. The highest BCUT2D eigenvalue weighted by molar-refractivity contribution is 7.90. The second-order valence-electron chi connectivity index (χ2n) is 8.47. The molecule has 0 atom stereocenters. The maximum Gasteiger partial charge on any atom is 0.328 e. The standard InChI is InChI=1S/C26H29N5O4S/c1-5-23-24(31-16-18(3)28-19(4)25(31)29-23)20-8-10-21(11-9-20)35-15-14-27-26(32)30-36(33,34)22-12-6-17(2)7-13-22/h6-13,16H,5,14-15H2,1-4H3,(H2,27,30,32). The molecule has 0 bridgehead atoms. The number of carbonyl (C=O) groups excluding carboxylic acids is 1. The number of sulfonamides is 1. The van der Waals surface area contributed by atoms with Crippen molar-refractivity contribution in [3.63, 3.8) is 0 Å². The van der Waals surface area contributed by atoms with Crippen molar-refractivity contribution in [2.45, 2.75) is 39.0 Å². The Balaban J connectivity index is 1.35. The van der Waals surface area contributed by atoms with Gasteiger partial charge in [-0.05, 0) is 63.6 Å². The number of rotatable bonds is 8. The topological polar surface area (TPSA) is 115 Å². The quantitative estimate of drug-likeness (QED) is 0.349. The van der Waals surface area contributed by atoms with E-state index in [4.69, 9.17) is 9.72 Å². The van der Waals surface area contributed by atoms with Gasteiger partial charge >= 0.3 is 6.03 Å². The van der Waals surface area contributed by atoms with Gasteiger partial charge in [0.15, 0.2) is 5.65 Å². The molecular formula is C26H29N5O4S. The normalized spacial score (nSPS) is 11.4. The van der Waals surface area contributed by atoms with Gasteiger partial charge in [0.1, 0.15) is 12.4 Å². The predicted molar refractivity (Wildman–Crippen MR) is 138 cm³/mol. The number of aryl methyl sites for hydroxylation is 4. The second kappa shape index (κ2) is 10.4. The average molecular weight is 508 g/mol. The summed E-state index contributed by atoms with van der Waals surface area (Å²) in [6, 6.07) is 13.1. The third-order valence-corrected chi connectivity index (χ3v) is 6.99. The number of hydrogen-bond donors (Lipinski definition) is 2. The predicted octanol–water partition coefficient (Wildman–Crippen LogP) is 3.95. The van der Waals surface area contributed by atoms with Crippen molar-refractivity contribution in [2.24, 2.45) is 0 Å². The minimum Gasteiger partial charge on any atom is -0.492 e. The molecule has 9 nitrogen and oxygen atoms in total. The lowest BCUT2D eigenvalue weighted by atomic mass is 10.1. The SMILES string of the molecule is CCc1nc2c(C)nc(C)cn2c1-c1ccc(OCCNC(=O)NS(=O)(=O)c2ccc(C)cc2)cc1. The van der Waals surface area contributed by atoms with E-state index in [1.54, 1.807) is 12.1 Å². The van der Waals surface area contributed by atoms with Crippen molar-refractivity contribution in [3.8, 4) is 17.0 Å². The maximum absolute atomic E-state index is 12.3. The molecule has 4 aromatic rings. The van der Waals surface area contributed by atoms with Crippen LogP contribution >= 0.6 is 0 Å². The fourth-order valence-electron chi connectivity index (χ4n) is 3.92. The van der Waals surface area contributed by atoms with Crippen LogP contribution in [0.3, 0.4) is 0 Å². The molecule has 10 heteroatoms. The van der Waals surface area contributed by atoms with Crippen LogP contribution in [-0.2, 0) is 16.4 Å². The van der Waals surface area contributed by atoms with Gasteiger partial charge in [-0.2, -0.15) is 0 Å². The summed E-state index contributed by atoms with van der Waals surface area (Å²) >= 11 is 0. The summed E-state index contributed by atoms with van der Waals surface area (Å²) in [4.78, 5) is 21.4. The molecule has 0 spiro atoms. The Bertz CT molecular complexity index is 1490. The lowest BCUT2D eigenvalue weighted by molar-refractivity contribution is 0.241. The van der Waals surface area contributed by atoms with Gasteiger partial charge in [0, 0.05) is 11.8 Å². The first-order chi connectivity index (χ1) is 17.2. The number of ether oxygens (including phenoxy) is 1. The molecule has 2 N–H and O–H groups in total. The van der Waals surface area contributed by atoms with Gasteiger partial charge in [0.25, 0.3) is 10.0 Å². The molecule has 0 unspecified atom stereocenters. The molecule has 2 amide bonds. The van der Waals surface area contributed by atoms with Gasteiger partial charge in [0.2, 0.25) is 0 Å². The van der Waals surface area contributed by atoms with Crippen LogP contribution in [0.5, 0.6) is 5.75 Å². The molecule has 2 heterocycles. The first-order valence-electron chi connectivity index (χ1n) is 11.6. The van der Waals surface area contributed by atoms with E-state index in [-0.39, 0.29) is 18.0 Å². The van der Waals surface area contributed by atoms with Crippen LogP contribution in [0, 0.1) is 20.8 Å². The number of aromatic nitrogens is 3. The summed E-state index contributed by atoms with van der Waals surface area (Å²) in [7, 11) is -3.93. The number of nitrogens with zero attached hydrogens (tertiary/aromatic N) is 3. The van der Waals surface area contributed by atoms with Crippen molar-refractivity contribution in [1.82, 2.24) is 24.4 Å². The van der Waals surface area contributed by atoms with Gasteiger partial charge < -0.3 is 10.1 Å². The highest BCUT2D eigenvalue weighted by Crippen LogP contribution is 2.28. The van der Waals surface area contributed by atoms with E-state index in [0.717, 1.165) is 46.0 Å². The second-order valence-corrected chi connectivity index (χ2v) is 10.2. The number of hydrogen-bond acceptors (Lipinski definition) is 6. The first-order valence-corrected chi connectivity index (χ1v) is 13.1. The summed E-state index contributed by atoms with van der Waals surface area (Å²) in [5, 5.41) is 2.50. The zero-order chi connectivity index (χ0) is 25.9. The molecule has 0 aliphatic heterocycles. The van der Waals surface area contributed by atoms with Crippen LogP contribution in [0.25, 0.3) is 16.9 Å².